The van der Waals surface area contributed by atoms with Gasteiger partial charge in [0.15, 0.2) is 0 Å². The van der Waals surface area contributed by atoms with Crippen molar-refractivity contribution in [1.29, 1.82) is 0 Å². The molecule has 0 radical (unpaired) electrons. The largest absolute Gasteiger partial charge is 0.393 e. The molecule has 1 saturated carbocycles. The van der Waals surface area contributed by atoms with Gasteiger partial charge in [-0.15, -0.1) is 0 Å². The van der Waals surface area contributed by atoms with Crippen LogP contribution in [0.3, 0.4) is 0 Å². The Bertz CT molecular complexity index is 631. The van der Waals surface area contributed by atoms with Crippen molar-refractivity contribution in [3.8, 4) is 0 Å². The Morgan fingerprint density at radius 3 is 2.18 bits per heavy atom. The first kappa shape index (κ1) is 15.0. The molecule has 3 rings (SSSR count). The first-order valence-electron chi connectivity index (χ1n) is 7.84. The highest BCUT2D eigenvalue weighted by molar-refractivity contribution is 5.58. The van der Waals surface area contributed by atoms with Gasteiger partial charge in [-0.3, -0.25) is 0 Å². The Morgan fingerprint density at radius 2 is 1.59 bits per heavy atom. The summed E-state index contributed by atoms with van der Waals surface area (Å²) in [6.07, 6.45) is 1.74. The smallest absolute Gasteiger partial charge is 0.0763 e. The van der Waals surface area contributed by atoms with Crippen LogP contribution in [0.2, 0.25) is 0 Å². The Hall–Kier alpha value is -1.90. The number of rotatable bonds is 3. The third-order valence-electron chi connectivity index (χ3n) is 4.58. The van der Waals surface area contributed by atoms with Crippen molar-refractivity contribution in [3.05, 3.63) is 77.4 Å². The molecule has 2 heteroatoms. The van der Waals surface area contributed by atoms with Crippen molar-refractivity contribution in [2.24, 2.45) is 5.92 Å². The minimum absolute atomic E-state index is 0.0485. The molecule has 0 saturated heterocycles. The van der Waals surface area contributed by atoms with Gasteiger partial charge in [0.05, 0.1) is 12.2 Å². The van der Waals surface area contributed by atoms with E-state index in [2.05, 4.69) is 18.2 Å². The van der Waals surface area contributed by atoms with Crippen LogP contribution in [0, 0.1) is 5.92 Å². The van der Waals surface area contributed by atoms with E-state index in [1.54, 1.807) is 0 Å². The molecule has 0 heterocycles. The molecule has 4 atom stereocenters. The molecule has 0 amide bonds. The number of aliphatic hydroxyl groups is 2. The molecule has 0 aromatic heterocycles. The average Bonchev–Trinajstić information content (AvgIpc) is 2.86. The summed E-state index contributed by atoms with van der Waals surface area (Å²) in [7, 11) is 0. The van der Waals surface area contributed by atoms with E-state index in [9.17, 15) is 10.2 Å². The Balaban J connectivity index is 2.04. The van der Waals surface area contributed by atoms with Crippen molar-refractivity contribution in [2.45, 2.75) is 31.5 Å². The molecule has 2 aromatic carbocycles. The van der Waals surface area contributed by atoms with Gasteiger partial charge in [0.1, 0.15) is 0 Å². The van der Waals surface area contributed by atoms with Crippen LogP contribution in [0.5, 0.6) is 0 Å². The minimum Gasteiger partial charge on any atom is -0.393 e. The summed E-state index contributed by atoms with van der Waals surface area (Å²) in [4.78, 5) is 0. The fourth-order valence-corrected chi connectivity index (χ4v) is 3.49. The molecule has 2 aromatic rings. The van der Waals surface area contributed by atoms with Crippen LogP contribution in [0.25, 0.3) is 6.08 Å². The summed E-state index contributed by atoms with van der Waals surface area (Å²) in [5.74, 6) is 0.115. The second-order valence-corrected chi connectivity index (χ2v) is 6.10. The highest BCUT2D eigenvalue weighted by Gasteiger charge is 2.40. The van der Waals surface area contributed by atoms with E-state index in [-0.39, 0.29) is 11.8 Å². The van der Waals surface area contributed by atoms with Crippen molar-refractivity contribution in [2.75, 3.05) is 0 Å². The Kier molecular flexibility index (Phi) is 4.41. The minimum atomic E-state index is -0.495. The van der Waals surface area contributed by atoms with Crippen molar-refractivity contribution in [1.82, 2.24) is 0 Å². The van der Waals surface area contributed by atoms with E-state index in [4.69, 9.17) is 0 Å². The molecule has 2 N–H and O–H groups in total. The van der Waals surface area contributed by atoms with Gasteiger partial charge in [0, 0.05) is 5.92 Å². The first-order chi connectivity index (χ1) is 10.7. The van der Waals surface area contributed by atoms with Crippen LogP contribution in [-0.2, 0) is 0 Å². The molecule has 0 aliphatic heterocycles. The lowest BCUT2D eigenvalue weighted by Crippen LogP contribution is -2.20. The zero-order valence-corrected chi connectivity index (χ0v) is 12.8. The van der Waals surface area contributed by atoms with Crippen molar-refractivity contribution < 1.29 is 10.2 Å². The fourth-order valence-electron chi connectivity index (χ4n) is 3.49. The molecule has 1 aliphatic carbocycles. The summed E-state index contributed by atoms with van der Waals surface area (Å²) < 4.78 is 0. The molecule has 0 bridgehead atoms. The number of aliphatic hydroxyl groups excluding tert-OH is 2. The van der Waals surface area contributed by atoms with E-state index in [0.29, 0.717) is 6.42 Å². The predicted octanol–water partition coefficient (Wildman–Crippen LogP) is 3.62. The summed E-state index contributed by atoms with van der Waals surface area (Å²) in [5.41, 5.74) is 3.25. The average molecular weight is 294 g/mol. The van der Waals surface area contributed by atoms with E-state index in [1.807, 2.05) is 55.5 Å². The summed E-state index contributed by atoms with van der Waals surface area (Å²) >= 11 is 0. The maximum absolute atomic E-state index is 10.5. The van der Waals surface area contributed by atoms with Crippen LogP contribution < -0.4 is 0 Å². The van der Waals surface area contributed by atoms with Gasteiger partial charge in [-0.2, -0.15) is 0 Å². The molecular weight excluding hydrogens is 272 g/mol. The summed E-state index contributed by atoms with van der Waals surface area (Å²) in [6, 6.07) is 20.2. The monoisotopic (exact) mass is 294 g/mol. The highest BCUT2D eigenvalue weighted by Crippen LogP contribution is 2.46. The maximum atomic E-state index is 10.5. The highest BCUT2D eigenvalue weighted by atomic mass is 16.3. The van der Waals surface area contributed by atoms with Gasteiger partial charge >= 0.3 is 0 Å². The van der Waals surface area contributed by atoms with Gasteiger partial charge in [0.25, 0.3) is 0 Å². The molecule has 114 valence electrons. The second kappa shape index (κ2) is 6.47. The molecule has 2 nitrogen and oxygen atoms in total. The van der Waals surface area contributed by atoms with Crippen molar-refractivity contribution in [3.63, 3.8) is 0 Å². The Morgan fingerprint density at radius 1 is 1.00 bits per heavy atom. The summed E-state index contributed by atoms with van der Waals surface area (Å²) in [5, 5.41) is 20.7. The maximum Gasteiger partial charge on any atom is 0.0763 e. The van der Waals surface area contributed by atoms with Crippen LogP contribution in [-0.4, -0.2) is 22.4 Å². The molecule has 0 spiro atoms. The van der Waals surface area contributed by atoms with E-state index in [0.717, 1.165) is 16.7 Å². The van der Waals surface area contributed by atoms with Gasteiger partial charge in [-0.1, -0.05) is 66.7 Å². The molecule has 1 aliphatic rings. The number of benzene rings is 2. The topological polar surface area (TPSA) is 40.5 Å². The lowest BCUT2D eigenvalue weighted by Gasteiger charge is -2.23. The quantitative estimate of drug-likeness (QED) is 0.908. The SMILES string of the molecule is C[C@@H](O)[C@@H]1C[C@H](O)/C(=C\c2ccccc2)[C@@H]1c1ccccc1. The fraction of sp³-hybridized carbons (Fsp3) is 0.300. The predicted molar refractivity (Wildman–Crippen MR) is 89.4 cm³/mol. The van der Waals surface area contributed by atoms with Crippen LogP contribution in [0.1, 0.15) is 30.4 Å². The lowest BCUT2D eigenvalue weighted by molar-refractivity contribution is 0.107. The van der Waals surface area contributed by atoms with Gasteiger partial charge < -0.3 is 10.2 Å². The zero-order valence-electron chi connectivity index (χ0n) is 12.8. The van der Waals surface area contributed by atoms with Gasteiger partial charge in [-0.05, 0) is 36.0 Å². The Labute approximate surface area is 131 Å². The van der Waals surface area contributed by atoms with E-state index < -0.39 is 12.2 Å². The number of hydrogen-bond donors (Lipinski definition) is 2. The lowest BCUT2D eigenvalue weighted by atomic mass is 9.83. The molecular formula is C20H22O2. The van der Waals surface area contributed by atoms with Crippen LogP contribution >= 0.6 is 0 Å². The second-order valence-electron chi connectivity index (χ2n) is 6.10. The van der Waals surface area contributed by atoms with Crippen molar-refractivity contribution >= 4 is 6.08 Å². The molecule has 22 heavy (non-hydrogen) atoms. The third-order valence-corrected chi connectivity index (χ3v) is 4.58. The van der Waals surface area contributed by atoms with Crippen LogP contribution in [0.4, 0.5) is 0 Å². The van der Waals surface area contributed by atoms with Gasteiger partial charge in [-0.25, -0.2) is 0 Å². The van der Waals surface area contributed by atoms with E-state index >= 15 is 0 Å². The van der Waals surface area contributed by atoms with Crippen LogP contribution in [0.15, 0.2) is 66.2 Å². The zero-order chi connectivity index (χ0) is 15.5. The third kappa shape index (κ3) is 2.99. The van der Waals surface area contributed by atoms with Gasteiger partial charge in [0.2, 0.25) is 0 Å². The normalized spacial score (nSPS) is 28.0. The van der Waals surface area contributed by atoms with E-state index in [1.165, 1.54) is 0 Å². The molecule has 1 fully saturated rings. The standard InChI is InChI=1S/C20H22O2/c1-14(21)17-13-19(22)18(12-15-8-4-2-5-9-15)20(17)16-10-6-3-7-11-16/h2-12,14,17,19-22H,13H2,1H3/b18-12+/t14-,17+,19+,20-/m1/s1. The summed E-state index contributed by atoms with van der Waals surface area (Å²) in [6.45, 7) is 1.82. The number of hydrogen-bond acceptors (Lipinski definition) is 2. The molecule has 0 unspecified atom stereocenters. The first-order valence-corrected chi connectivity index (χ1v) is 7.84.